The molecule has 0 aromatic heterocycles. The Morgan fingerprint density at radius 3 is 2.47 bits per heavy atom. The lowest BCUT2D eigenvalue weighted by Crippen LogP contribution is -1.72. The highest BCUT2D eigenvalue weighted by molar-refractivity contribution is 5.52. The highest BCUT2D eigenvalue weighted by Gasteiger charge is 1.86. The van der Waals surface area contributed by atoms with E-state index in [0.29, 0.717) is 0 Å². The predicted octanol–water partition coefficient (Wildman–Crippen LogP) is 3.42. The van der Waals surface area contributed by atoms with Crippen molar-refractivity contribution in [1.29, 1.82) is 0 Å². The molecular weight excluding hydrogens is 188 g/mol. The first kappa shape index (κ1) is 11.1. The summed E-state index contributed by atoms with van der Waals surface area (Å²) in [5.41, 5.74) is 0.970. The first-order chi connectivity index (χ1) is 7.22. The predicted molar refractivity (Wildman–Crippen MR) is 62.7 cm³/mol. The van der Waals surface area contributed by atoms with E-state index in [1.165, 1.54) is 0 Å². The number of aliphatic hydroxyl groups excluding tert-OH is 1. The van der Waals surface area contributed by atoms with Crippen molar-refractivity contribution in [3.05, 3.63) is 59.9 Å². The Morgan fingerprint density at radius 2 is 1.87 bits per heavy atom. The standard InChI is InChI=1S/C13H14O2/c1-2-4-12(14)6-3-5-11-7-9-13(15)10-8-11/h2-10,14-15H,1H3/b4-2-,5-3+,12-6+. The molecular formula is C13H14O2. The lowest BCUT2D eigenvalue weighted by molar-refractivity contribution is 0.432. The van der Waals surface area contributed by atoms with E-state index in [1.54, 1.807) is 48.6 Å². The molecule has 0 bridgehead atoms. The summed E-state index contributed by atoms with van der Waals surface area (Å²) in [7, 11) is 0. The fourth-order valence-corrected chi connectivity index (χ4v) is 1.07. The minimum absolute atomic E-state index is 0.215. The average Bonchev–Trinajstić information content (AvgIpc) is 2.21. The van der Waals surface area contributed by atoms with Crippen molar-refractivity contribution in [3.63, 3.8) is 0 Å². The van der Waals surface area contributed by atoms with Crippen LogP contribution < -0.4 is 0 Å². The van der Waals surface area contributed by atoms with E-state index in [4.69, 9.17) is 5.11 Å². The second-order valence-electron chi connectivity index (χ2n) is 3.04. The first-order valence-corrected chi connectivity index (χ1v) is 4.71. The molecule has 0 unspecified atom stereocenters. The van der Waals surface area contributed by atoms with Crippen LogP contribution in [0.2, 0.25) is 0 Å². The molecule has 0 atom stereocenters. The molecule has 78 valence electrons. The lowest BCUT2D eigenvalue weighted by Gasteiger charge is -1.92. The molecule has 1 aromatic rings. The van der Waals surface area contributed by atoms with Crippen LogP contribution in [0.1, 0.15) is 12.5 Å². The van der Waals surface area contributed by atoms with Gasteiger partial charge in [-0.2, -0.15) is 0 Å². The van der Waals surface area contributed by atoms with Gasteiger partial charge in [-0.1, -0.05) is 30.4 Å². The van der Waals surface area contributed by atoms with Gasteiger partial charge in [-0.05, 0) is 36.8 Å². The van der Waals surface area contributed by atoms with Gasteiger partial charge in [-0.15, -0.1) is 0 Å². The van der Waals surface area contributed by atoms with Gasteiger partial charge in [0.25, 0.3) is 0 Å². The van der Waals surface area contributed by atoms with Gasteiger partial charge < -0.3 is 10.2 Å². The average molecular weight is 202 g/mol. The number of phenols is 1. The number of hydrogen-bond acceptors (Lipinski definition) is 2. The molecule has 15 heavy (non-hydrogen) atoms. The van der Waals surface area contributed by atoms with Crippen LogP contribution in [0.5, 0.6) is 5.75 Å². The van der Waals surface area contributed by atoms with Gasteiger partial charge in [-0.25, -0.2) is 0 Å². The number of aliphatic hydroxyl groups is 1. The maximum atomic E-state index is 9.25. The zero-order valence-electron chi connectivity index (χ0n) is 8.59. The zero-order chi connectivity index (χ0) is 11.1. The van der Waals surface area contributed by atoms with Gasteiger partial charge >= 0.3 is 0 Å². The molecule has 0 fully saturated rings. The van der Waals surface area contributed by atoms with Crippen LogP contribution in [-0.2, 0) is 0 Å². The second-order valence-corrected chi connectivity index (χ2v) is 3.04. The van der Waals surface area contributed by atoms with E-state index in [-0.39, 0.29) is 11.5 Å². The fraction of sp³-hybridized carbons (Fsp3) is 0.0769. The molecule has 0 amide bonds. The van der Waals surface area contributed by atoms with Gasteiger partial charge in [0, 0.05) is 0 Å². The Hall–Kier alpha value is -1.96. The summed E-state index contributed by atoms with van der Waals surface area (Å²) in [5, 5.41) is 18.3. The Balaban J connectivity index is 2.66. The number of benzene rings is 1. The molecule has 0 saturated carbocycles. The van der Waals surface area contributed by atoms with Crippen molar-refractivity contribution in [2.24, 2.45) is 0 Å². The first-order valence-electron chi connectivity index (χ1n) is 4.71. The van der Waals surface area contributed by atoms with E-state index in [2.05, 4.69) is 0 Å². The maximum absolute atomic E-state index is 9.25. The smallest absolute Gasteiger partial charge is 0.115 e. The highest BCUT2D eigenvalue weighted by atomic mass is 16.3. The molecule has 1 aromatic carbocycles. The molecule has 0 spiro atoms. The molecule has 2 N–H and O–H groups in total. The van der Waals surface area contributed by atoms with Crippen LogP contribution >= 0.6 is 0 Å². The van der Waals surface area contributed by atoms with Crippen LogP contribution in [-0.4, -0.2) is 10.2 Å². The summed E-state index contributed by atoms with van der Waals surface area (Å²) in [6.07, 6.45) is 8.58. The van der Waals surface area contributed by atoms with Gasteiger partial charge in [0.15, 0.2) is 0 Å². The Morgan fingerprint density at radius 1 is 1.20 bits per heavy atom. The van der Waals surface area contributed by atoms with E-state index in [9.17, 15) is 5.11 Å². The minimum atomic E-state index is 0.215. The van der Waals surface area contributed by atoms with Crippen LogP contribution in [0.15, 0.2) is 54.3 Å². The van der Waals surface area contributed by atoms with Crippen LogP contribution in [0.25, 0.3) is 6.08 Å². The third-order valence-electron chi connectivity index (χ3n) is 1.79. The minimum Gasteiger partial charge on any atom is -0.508 e. The third-order valence-corrected chi connectivity index (χ3v) is 1.79. The molecule has 0 aliphatic rings. The SMILES string of the molecule is C\C=C/C(O)=C\C=C\c1ccc(O)cc1. The Kier molecular flexibility index (Phi) is 4.23. The third kappa shape index (κ3) is 4.18. The fourth-order valence-electron chi connectivity index (χ4n) is 1.07. The number of phenolic OH excluding ortho intramolecular Hbond substituents is 1. The molecule has 2 heteroatoms. The molecule has 0 saturated heterocycles. The van der Waals surface area contributed by atoms with E-state index >= 15 is 0 Å². The molecule has 0 heterocycles. The largest absolute Gasteiger partial charge is 0.508 e. The van der Waals surface area contributed by atoms with E-state index < -0.39 is 0 Å². The molecule has 2 nitrogen and oxygen atoms in total. The van der Waals surface area contributed by atoms with E-state index in [0.717, 1.165) is 5.56 Å². The van der Waals surface area contributed by atoms with Gasteiger partial charge in [0.2, 0.25) is 0 Å². The van der Waals surface area contributed by atoms with Crippen molar-refractivity contribution < 1.29 is 10.2 Å². The van der Waals surface area contributed by atoms with Crippen LogP contribution in [0.3, 0.4) is 0 Å². The van der Waals surface area contributed by atoms with Crippen LogP contribution in [0, 0.1) is 0 Å². The molecule has 0 aliphatic heterocycles. The second kappa shape index (κ2) is 5.70. The Bertz CT molecular complexity index is 384. The highest BCUT2D eigenvalue weighted by Crippen LogP contribution is 2.10. The van der Waals surface area contributed by atoms with Crippen molar-refractivity contribution in [3.8, 4) is 5.75 Å². The number of aromatic hydroxyl groups is 1. The lowest BCUT2D eigenvalue weighted by atomic mass is 10.2. The van der Waals surface area contributed by atoms with Crippen LogP contribution in [0.4, 0.5) is 0 Å². The summed E-state index contributed by atoms with van der Waals surface area (Å²) in [6.45, 7) is 1.84. The summed E-state index contributed by atoms with van der Waals surface area (Å²) in [6, 6.07) is 6.84. The van der Waals surface area contributed by atoms with Gasteiger partial charge in [0.05, 0.1) is 0 Å². The Labute approximate surface area is 89.5 Å². The summed E-state index contributed by atoms with van der Waals surface area (Å²) in [5.74, 6) is 0.465. The molecule has 0 radical (unpaired) electrons. The summed E-state index contributed by atoms with van der Waals surface area (Å²) in [4.78, 5) is 0. The normalized spacial score (nSPS) is 12.7. The number of rotatable bonds is 3. The van der Waals surface area contributed by atoms with Gasteiger partial charge in [-0.3, -0.25) is 0 Å². The summed E-state index contributed by atoms with van der Waals surface area (Å²) < 4.78 is 0. The monoisotopic (exact) mass is 202 g/mol. The number of allylic oxidation sites excluding steroid dienone is 4. The van der Waals surface area contributed by atoms with Gasteiger partial charge in [0.1, 0.15) is 11.5 Å². The molecule has 0 aliphatic carbocycles. The quantitative estimate of drug-likeness (QED) is 0.582. The topological polar surface area (TPSA) is 40.5 Å². The molecule has 1 rings (SSSR count). The number of hydrogen-bond donors (Lipinski definition) is 2. The summed E-state index contributed by atoms with van der Waals surface area (Å²) >= 11 is 0. The van der Waals surface area contributed by atoms with Crippen molar-refractivity contribution in [2.45, 2.75) is 6.92 Å². The maximum Gasteiger partial charge on any atom is 0.115 e. The van der Waals surface area contributed by atoms with Crippen molar-refractivity contribution in [1.82, 2.24) is 0 Å². The van der Waals surface area contributed by atoms with Crippen molar-refractivity contribution in [2.75, 3.05) is 0 Å². The van der Waals surface area contributed by atoms with Crippen molar-refractivity contribution >= 4 is 6.08 Å². The zero-order valence-corrected chi connectivity index (χ0v) is 8.59. The van der Waals surface area contributed by atoms with E-state index in [1.807, 2.05) is 13.0 Å².